The maximum Gasteiger partial charge on any atom is 0.338 e. The summed E-state index contributed by atoms with van der Waals surface area (Å²) in [6, 6.07) is 8.84. The van der Waals surface area contributed by atoms with Crippen LogP contribution in [0.5, 0.6) is 0 Å². The summed E-state index contributed by atoms with van der Waals surface area (Å²) in [5.74, 6) is 0.365. The van der Waals surface area contributed by atoms with E-state index in [-0.39, 0.29) is 25.9 Å². The van der Waals surface area contributed by atoms with E-state index >= 15 is 0 Å². The first-order valence-electron chi connectivity index (χ1n) is 7.04. The van der Waals surface area contributed by atoms with E-state index in [4.69, 9.17) is 21.3 Å². The maximum absolute atomic E-state index is 11.7. The highest BCUT2D eigenvalue weighted by Gasteiger charge is 2.16. The van der Waals surface area contributed by atoms with Gasteiger partial charge in [0.1, 0.15) is 25.4 Å². The summed E-state index contributed by atoms with van der Waals surface area (Å²) in [5, 5.41) is 0. The van der Waals surface area contributed by atoms with Gasteiger partial charge < -0.3 is 9.47 Å². The molecule has 0 spiro atoms. The number of carbonyl (C=O) groups excluding carboxylic acids is 1. The fourth-order valence-electron chi connectivity index (χ4n) is 2.09. The SMILES string of the molecule is O=C(OCCOCn1cnc2c1N=CN(Cl)C2)c1ccccc1. The highest BCUT2D eigenvalue weighted by Crippen LogP contribution is 2.23. The number of hydrogen-bond donors (Lipinski definition) is 0. The number of imidazole rings is 1. The van der Waals surface area contributed by atoms with Gasteiger partial charge in [0.05, 0.1) is 25.0 Å². The Hall–Kier alpha value is -2.38. The number of fused-ring (bicyclic) bond motifs is 1. The minimum Gasteiger partial charge on any atom is -0.460 e. The summed E-state index contributed by atoms with van der Waals surface area (Å²) in [4.78, 5) is 20.2. The zero-order valence-electron chi connectivity index (χ0n) is 12.3. The van der Waals surface area contributed by atoms with Crippen LogP contribution in [0.15, 0.2) is 41.7 Å². The minimum atomic E-state index is -0.360. The second-order valence-electron chi connectivity index (χ2n) is 4.83. The lowest BCUT2D eigenvalue weighted by Gasteiger charge is -2.14. The molecule has 23 heavy (non-hydrogen) atoms. The van der Waals surface area contributed by atoms with Gasteiger partial charge in [-0.1, -0.05) is 18.2 Å². The molecular formula is C15H15ClN4O3. The zero-order valence-corrected chi connectivity index (χ0v) is 13.0. The molecule has 0 saturated heterocycles. The highest BCUT2D eigenvalue weighted by atomic mass is 35.5. The fourth-order valence-corrected chi connectivity index (χ4v) is 2.24. The Kier molecular flexibility index (Phi) is 4.89. The lowest BCUT2D eigenvalue weighted by atomic mass is 10.2. The van der Waals surface area contributed by atoms with Gasteiger partial charge in [0.15, 0.2) is 5.82 Å². The molecule has 1 aliphatic heterocycles. The molecular weight excluding hydrogens is 320 g/mol. The van der Waals surface area contributed by atoms with E-state index in [1.54, 1.807) is 35.2 Å². The van der Waals surface area contributed by atoms with Crippen LogP contribution in [0.4, 0.5) is 5.82 Å². The Morgan fingerprint density at radius 2 is 2.09 bits per heavy atom. The van der Waals surface area contributed by atoms with E-state index in [1.165, 1.54) is 10.8 Å². The van der Waals surface area contributed by atoms with Gasteiger partial charge in [-0.3, -0.25) is 8.99 Å². The Bertz CT molecular complexity index is 702. The molecule has 0 amide bonds. The average Bonchev–Trinajstić information content (AvgIpc) is 2.97. The number of halogens is 1. The molecule has 0 fully saturated rings. The first kappa shape index (κ1) is 15.5. The monoisotopic (exact) mass is 334 g/mol. The van der Waals surface area contributed by atoms with Crippen molar-refractivity contribution in [3.8, 4) is 0 Å². The van der Waals surface area contributed by atoms with Crippen LogP contribution in [0.2, 0.25) is 0 Å². The Morgan fingerprint density at radius 1 is 1.26 bits per heavy atom. The van der Waals surface area contributed by atoms with Crippen molar-refractivity contribution in [1.29, 1.82) is 0 Å². The van der Waals surface area contributed by atoms with Crippen molar-refractivity contribution in [2.24, 2.45) is 4.99 Å². The van der Waals surface area contributed by atoms with E-state index in [2.05, 4.69) is 9.98 Å². The summed E-state index contributed by atoms with van der Waals surface area (Å²) in [6.07, 6.45) is 3.18. The van der Waals surface area contributed by atoms with Gasteiger partial charge in [-0.05, 0) is 12.1 Å². The molecule has 0 saturated carbocycles. The highest BCUT2D eigenvalue weighted by molar-refractivity contribution is 6.19. The van der Waals surface area contributed by atoms with Crippen LogP contribution >= 0.6 is 11.8 Å². The number of carbonyl (C=O) groups is 1. The molecule has 3 rings (SSSR count). The van der Waals surface area contributed by atoms with Crippen molar-refractivity contribution in [1.82, 2.24) is 14.0 Å². The molecule has 1 aromatic carbocycles. The summed E-state index contributed by atoms with van der Waals surface area (Å²) < 4.78 is 13.8. The van der Waals surface area contributed by atoms with Gasteiger partial charge in [-0.25, -0.2) is 14.8 Å². The lowest BCUT2D eigenvalue weighted by molar-refractivity contribution is 0.0176. The number of nitrogens with zero attached hydrogens (tertiary/aromatic N) is 4. The maximum atomic E-state index is 11.7. The normalized spacial score (nSPS) is 13.0. The average molecular weight is 335 g/mol. The molecule has 1 aliphatic rings. The first-order valence-corrected chi connectivity index (χ1v) is 7.38. The number of ether oxygens (including phenoxy) is 2. The third-order valence-electron chi connectivity index (χ3n) is 3.19. The van der Waals surface area contributed by atoms with Gasteiger partial charge >= 0.3 is 5.97 Å². The van der Waals surface area contributed by atoms with Crippen LogP contribution in [0.1, 0.15) is 16.1 Å². The second-order valence-corrected chi connectivity index (χ2v) is 5.26. The van der Waals surface area contributed by atoms with Crippen molar-refractivity contribution in [3.63, 3.8) is 0 Å². The van der Waals surface area contributed by atoms with Gasteiger partial charge in [-0.15, -0.1) is 0 Å². The number of hydrogen-bond acceptors (Lipinski definition) is 6. The van der Waals surface area contributed by atoms with Crippen LogP contribution in [0.3, 0.4) is 0 Å². The van der Waals surface area contributed by atoms with Crippen LogP contribution in [0, 0.1) is 0 Å². The van der Waals surface area contributed by atoms with Gasteiger partial charge in [0.25, 0.3) is 0 Å². The minimum absolute atomic E-state index is 0.184. The largest absolute Gasteiger partial charge is 0.460 e. The topological polar surface area (TPSA) is 69.0 Å². The summed E-state index contributed by atoms with van der Waals surface area (Å²) >= 11 is 5.83. The third-order valence-corrected chi connectivity index (χ3v) is 3.40. The van der Waals surface area contributed by atoms with E-state index in [0.29, 0.717) is 12.1 Å². The summed E-state index contributed by atoms with van der Waals surface area (Å²) in [6.45, 7) is 1.26. The molecule has 2 heterocycles. The quantitative estimate of drug-likeness (QED) is 0.461. The van der Waals surface area contributed by atoms with Crippen molar-refractivity contribution in [2.75, 3.05) is 13.2 Å². The Labute approximate surface area is 138 Å². The van der Waals surface area contributed by atoms with E-state index in [9.17, 15) is 4.79 Å². The predicted octanol–water partition coefficient (Wildman–Crippen LogP) is 2.34. The van der Waals surface area contributed by atoms with E-state index in [0.717, 1.165) is 11.5 Å². The number of esters is 1. The van der Waals surface area contributed by atoms with Crippen LogP contribution in [0.25, 0.3) is 0 Å². The molecule has 120 valence electrons. The molecule has 7 nitrogen and oxygen atoms in total. The lowest BCUT2D eigenvalue weighted by Crippen LogP contribution is -2.14. The molecule has 0 radical (unpaired) electrons. The number of rotatable bonds is 6. The zero-order chi connectivity index (χ0) is 16.1. The van der Waals surface area contributed by atoms with Crippen molar-refractivity contribution < 1.29 is 14.3 Å². The van der Waals surface area contributed by atoms with Crippen molar-refractivity contribution in [3.05, 3.63) is 47.9 Å². The van der Waals surface area contributed by atoms with Crippen molar-refractivity contribution in [2.45, 2.75) is 13.3 Å². The molecule has 8 heteroatoms. The van der Waals surface area contributed by atoms with E-state index in [1.807, 2.05) is 6.07 Å². The standard InChI is InChI=1S/C15H15ClN4O3/c16-20-8-13-14(18-10-20)19(9-17-13)11-22-6-7-23-15(21)12-4-2-1-3-5-12/h1-5,9-10H,6-8,11H2. The number of aromatic nitrogens is 2. The van der Waals surface area contributed by atoms with Gasteiger partial charge in [0.2, 0.25) is 0 Å². The molecule has 0 aliphatic carbocycles. The molecule has 0 atom stereocenters. The summed E-state index contributed by atoms with van der Waals surface area (Å²) in [5.41, 5.74) is 1.32. The van der Waals surface area contributed by atoms with Gasteiger partial charge in [-0.2, -0.15) is 0 Å². The smallest absolute Gasteiger partial charge is 0.338 e. The van der Waals surface area contributed by atoms with Crippen LogP contribution in [-0.4, -0.2) is 39.5 Å². The van der Waals surface area contributed by atoms with Crippen LogP contribution in [-0.2, 0) is 22.7 Å². The molecule has 1 aromatic heterocycles. The molecule has 0 bridgehead atoms. The Morgan fingerprint density at radius 3 is 2.91 bits per heavy atom. The van der Waals surface area contributed by atoms with Gasteiger partial charge in [0, 0.05) is 11.8 Å². The predicted molar refractivity (Wildman–Crippen MR) is 84.5 cm³/mol. The molecule has 0 unspecified atom stereocenters. The van der Waals surface area contributed by atoms with Crippen LogP contribution < -0.4 is 0 Å². The fraction of sp³-hybridized carbons (Fsp3) is 0.267. The number of aliphatic imine (C=N–C) groups is 1. The molecule has 2 aromatic rings. The summed E-state index contributed by atoms with van der Waals surface area (Å²) in [7, 11) is 0. The number of benzene rings is 1. The van der Waals surface area contributed by atoms with Crippen molar-refractivity contribution >= 4 is 29.9 Å². The second kappa shape index (κ2) is 7.26. The first-order chi connectivity index (χ1) is 11.2. The van der Waals surface area contributed by atoms with E-state index < -0.39 is 0 Å². The Balaban J connectivity index is 1.42. The molecule has 0 N–H and O–H groups in total. The third kappa shape index (κ3) is 3.88.